The molecule has 0 spiro atoms. The fourth-order valence-electron chi connectivity index (χ4n) is 5.19. The van der Waals surface area contributed by atoms with Crippen molar-refractivity contribution in [2.45, 2.75) is 89.8 Å². The van der Waals surface area contributed by atoms with Gasteiger partial charge in [0, 0.05) is 28.9 Å². The lowest BCUT2D eigenvalue weighted by Gasteiger charge is -2.39. The number of hydrogen-bond donors (Lipinski definition) is 1. The van der Waals surface area contributed by atoms with Crippen molar-refractivity contribution in [2.75, 3.05) is 0 Å². The number of para-hydroxylation sites is 1. The number of ether oxygens (including phenoxy) is 3. The second kappa shape index (κ2) is 10.2. The molecule has 0 bridgehead atoms. The minimum Gasteiger partial charge on any atom is -0.508 e. The number of benzene rings is 2. The summed E-state index contributed by atoms with van der Waals surface area (Å²) in [5.74, 6) is -0.435. The van der Waals surface area contributed by atoms with Gasteiger partial charge in [0.15, 0.2) is 5.79 Å². The van der Waals surface area contributed by atoms with E-state index in [0.717, 1.165) is 46.1 Å². The second-order valence-electron chi connectivity index (χ2n) is 11.8. The van der Waals surface area contributed by atoms with E-state index in [9.17, 15) is 9.90 Å². The Morgan fingerprint density at radius 2 is 1.82 bits per heavy atom. The summed E-state index contributed by atoms with van der Waals surface area (Å²) in [6, 6.07) is 15.6. The summed E-state index contributed by atoms with van der Waals surface area (Å²) in [5, 5.41) is 11.0. The van der Waals surface area contributed by atoms with E-state index < -0.39 is 11.4 Å². The number of esters is 1. The van der Waals surface area contributed by atoms with Crippen molar-refractivity contribution < 1.29 is 24.1 Å². The van der Waals surface area contributed by atoms with E-state index in [1.165, 1.54) is 0 Å². The number of phenols is 1. The summed E-state index contributed by atoms with van der Waals surface area (Å²) < 4.78 is 17.9. The normalized spacial score (nSPS) is 21.6. The zero-order chi connectivity index (χ0) is 27.1. The van der Waals surface area contributed by atoms with Crippen molar-refractivity contribution in [3.8, 4) is 16.9 Å². The topological polar surface area (TPSA) is 77.9 Å². The van der Waals surface area contributed by atoms with E-state index in [4.69, 9.17) is 19.2 Å². The molecule has 3 aromatic rings. The average Bonchev–Trinajstić information content (AvgIpc) is 3.66. The first kappa shape index (κ1) is 26.4. The standard InChI is InChI=1S/C32H37NO5/c1-31(2,3)38-28(35)19-24-18-23(36-32(4,5)37-24)16-17-26-29(20-12-14-22(34)15-13-20)25-8-6-7-9-27(25)33-30(26)21-10-11-21/h6-9,12-17,21,23-24,34H,10-11,18-19H2,1-5H3/b17-16+/t23-,24-/m1/s1. The molecule has 5 rings (SSSR count). The van der Waals surface area contributed by atoms with E-state index in [1.54, 1.807) is 12.1 Å². The lowest BCUT2D eigenvalue weighted by atomic mass is 9.92. The summed E-state index contributed by atoms with van der Waals surface area (Å²) >= 11 is 0. The first-order chi connectivity index (χ1) is 18.0. The number of pyridine rings is 1. The predicted octanol–water partition coefficient (Wildman–Crippen LogP) is 7.14. The smallest absolute Gasteiger partial charge is 0.308 e. The summed E-state index contributed by atoms with van der Waals surface area (Å²) in [5.41, 5.74) is 4.73. The Hall–Kier alpha value is -3.22. The zero-order valence-corrected chi connectivity index (χ0v) is 22.9. The van der Waals surface area contributed by atoms with Crippen molar-refractivity contribution >= 4 is 22.9 Å². The fourth-order valence-corrected chi connectivity index (χ4v) is 5.19. The van der Waals surface area contributed by atoms with E-state index in [2.05, 4.69) is 24.3 Å². The van der Waals surface area contributed by atoms with Crippen LogP contribution in [0.5, 0.6) is 5.75 Å². The minimum absolute atomic E-state index is 0.179. The van der Waals surface area contributed by atoms with Crippen LogP contribution in [-0.2, 0) is 19.0 Å². The molecule has 0 unspecified atom stereocenters. The van der Waals surface area contributed by atoms with Crippen LogP contribution >= 0.6 is 0 Å². The van der Waals surface area contributed by atoms with Gasteiger partial charge in [-0.3, -0.25) is 9.78 Å². The van der Waals surface area contributed by atoms with Gasteiger partial charge < -0.3 is 19.3 Å². The lowest BCUT2D eigenvalue weighted by Crippen LogP contribution is -2.45. The lowest BCUT2D eigenvalue weighted by molar-refractivity contribution is -0.290. The maximum atomic E-state index is 12.5. The number of carbonyl (C=O) groups excluding carboxylic acids is 1. The van der Waals surface area contributed by atoms with Gasteiger partial charge in [-0.1, -0.05) is 42.5 Å². The van der Waals surface area contributed by atoms with Crippen LogP contribution in [0.15, 0.2) is 54.6 Å². The quantitative estimate of drug-likeness (QED) is 0.352. The van der Waals surface area contributed by atoms with Gasteiger partial charge in [0.2, 0.25) is 0 Å². The molecule has 0 radical (unpaired) electrons. The number of nitrogens with zero attached hydrogens (tertiary/aromatic N) is 1. The third-order valence-corrected chi connectivity index (χ3v) is 6.75. The first-order valence-electron chi connectivity index (χ1n) is 13.5. The van der Waals surface area contributed by atoms with Gasteiger partial charge in [-0.15, -0.1) is 0 Å². The molecule has 2 heterocycles. The van der Waals surface area contributed by atoms with Gasteiger partial charge >= 0.3 is 5.97 Å². The van der Waals surface area contributed by atoms with Crippen molar-refractivity contribution in [1.82, 2.24) is 4.98 Å². The van der Waals surface area contributed by atoms with Crippen LogP contribution in [0.2, 0.25) is 0 Å². The largest absolute Gasteiger partial charge is 0.508 e. The van der Waals surface area contributed by atoms with Crippen LogP contribution in [0.3, 0.4) is 0 Å². The van der Waals surface area contributed by atoms with Crippen LogP contribution < -0.4 is 0 Å². The molecule has 2 atom stereocenters. The molecule has 1 N–H and O–H groups in total. The van der Waals surface area contributed by atoms with E-state index in [0.29, 0.717) is 12.3 Å². The van der Waals surface area contributed by atoms with E-state index >= 15 is 0 Å². The molecule has 1 aliphatic carbocycles. The van der Waals surface area contributed by atoms with Crippen LogP contribution in [-0.4, -0.2) is 39.7 Å². The maximum absolute atomic E-state index is 12.5. The highest BCUT2D eigenvalue weighted by atomic mass is 16.7. The van der Waals surface area contributed by atoms with Gasteiger partial charge in [0.25, 0.3) is 0 Å². The molecule has 2 aromatic carbocycles. The number of fused-ring (bicyclic) bond motifs is 1. The highest BCUT2D eigenvalue weighted by Gasteiger charge is 2.36. The maximum Gasteiger partial charge on any atom is 0.308 e. The summed E-state index contributed by atoms with van der Waals surface area (Å²) in [7, 11) is 0. The molecule has 2 aliphatic rings. The molecule has 6 nitrogen and oxygen atoms in total. The Labute approximate surface area is 224 Å². The molecule has 2 fully saturated rings. The minimum atomic E-state index is -0.833. The summed E-state index contributed by atoms with van der Waals surface area (Å²) in [6.07, 6.45) is 6.64. The van der Waals surface area contributed by atoms with Gasteiger partial charge in [-0.2, -0.15) is 0 Å². The number of aromatic nitrogens is 1. The molecule has 38 heavy (non-hydrogen) atoms. The van der Waals surface area contributed by atoms with Crippen LogP contribution in [0.25, 0.3) is 28.1 Å². The molecule has 1 saturated heterocycles. The Morgan fingerprint density at radius 1 is 1.11 bits per heavy atom. The van der Waals surface area contributed by atoms with Gasteiger partial charge in [-0.05, 0) is 71.2 Å². The van der Waals surface area contributed by atoms with Crippen LogP contribution in [0.1, 0.15) is 77.5 Å². The number of hydrogen-bond acceptors (Lipinski definition) is 6. The fraction of sp³-hybridized carbons (Fsp3) is 0.438. The van der Waals surface area contributed by atoms with Crippen molar-refractivity contribution in [1.29, 1.82) is 0 Å². The zero-order valence-electron chi connectivity index (χ0n) is 22.9. The van der Waals surface area contributed by atoms with Gasteiger partial charge in [0.1, 0.15) is 11.4 Å². The Balaban J connectivity index is 1.51. The molecule has 1 saturated carbocycles. The predicted molar refractivity (Wildman–Crippen MR) is 149 cm³/mol. The molecule has 0 amide bonds. The van der Waals surface area contributed by atoms with Gasteiger partial charge in [-0.25, -0.2) is 0 Å². The molecule has 1 aliphatic heterocycles. The number of phenolic OH excluding ortho intramolecular Hbond substituents is 1. The third kappa shape index (κ3) is 6.25. The summed E-state index contributed by atoms with van der Waals surface area (Å²) in [4.78, 5) is 17.6. The summed E-state index contributed by atoms with van der Waals surface area (Å²) in [6.45, 7) is 9.36. The molecular formula is C32H37NO5. The molecule has 200 valence electrons. The molecular weight excluding hydrogens is 478 g/mol. The highest BCUT2D eigenvalue weighted by molar-refractivity contribution is 5.99. The molecule has 1 aromatic heterocycles. The van der Waals surface area contributed by atoms with E-state index in [-0.39, 0.29) is 30.3 Å². The van der Waals surface area contributed by atoms with Crippen LogP contribution in [0, 0.1) is 0 Å². The highest BCUT2D eigenvalue weighted by Crippen LogP contribution is 2.45. The Bertz CT molecular complexity index is 1350. The number of carbonyl (C=O) groups is 1. The van der Waals surface area contributed by atoms with Crippen molar-refractivity contribution in [2.24, 2.45) is 0 Å². The van der Waals surface area contributed by atoms with E-state index in [1.807, 2.05) is 58.9 Å². The first-order valence-corrected chi connectivity index (χ1v) is 13.5. The van der Waals surface area contributed by atoms with Gasteiger partial charge in [0.05, 0.1) is 29.8 Å². The SMILES string of the molecule is CC(C)(C)OC(=O)C[C@H]1C[C@@H](/C=C/c2c(C3CC3)nc3ccccc3c2-c2ccc(O)cc2)OC(C)(C)O1. The second-order valence-corrected chi connectivity index (χ2v) is 11.8. The van der Waals surface area contributed by atoms with Crippen LogP contribution in [0.4, 0.5) is 0 Å². The molecule has 6 heteroatoms. The third-order valence-electron chi connectivity index (χ3n) is 6.75. The monoisotopic (exact) mass is 515 g/mol. The number of aromatic hydroxyl groups is 1. The average molecular weight is 516 g/mol. The van der Waals surface area contributed by atoms with Crippen molar-refractivity contribution in [3.05, 3.63) is 65.9 Å². The Kier molecular flexibility index (Phi) is 7.05. The van der Waals surface area contributed by atoms with Crippen molar-refractivity contribution in [3.63, 3.8) is 0 Å². The number of rotatable bonds is 6. The Morgan fingerprint density at radius 3 is 2.50 bits per heavy atom.